The minimum absolute atomic E-state index is 0.177. The molecule has 1 N–H and O–H groups in total. The third-order valence-electron chi connectivity index (χ3n) is 1.35. The molecule has 0 saturated heterocycles. The molecule has 3 nitrogen and oxygen atoms in total. The van der Waals surface area contributed by atoms with Gasteiger partial charge in [0, 0.05) is 11.3 Å². The van der Waals surface area contributed by atoms with Crippen LogP contribution < -0.4 is 0 Å². The summed E-state index contributed by atoms with van der Waals surface area (Å²) in [5, 5.41) is 8.49. The molecule has 0 aromatic rings. The maximum absolute atomic E-state index is 11.0. The second kappa shape index (κ2) is 8.13. The SMILES string of the molecule is C=C(CCSCCO)C(=O)OCC. The Hall–Kier alpha value is -0.480. The Morgan fingerprint density at radius 1 is 1.54 bits per heavy atom. The number of hydrogen-bond donors (Lipinski definition) is 1. The first-order chi connectivity index (χ1) is 6.22. The van der Waals surface area contributed by atoms with Crippen LogP contribution in [0.2, 0.25) is 0 Å². The van der Waals surface area contributed by atoms with Crippen LogP contribution in [-0.2, 0) is 9.53 Å². The first kappa shape index (κ1) is 12.5. The fourth-order valence-electron chi connectivity index (χ4n) is 0.697. The van der Waals surface area contributed by atoms with E-state index in [-0.39, 0.29) is 12.6 Å². The molecule has 0 bridgehead atoms. The molecular weight excluding hydrogens is 188 g/mol. The quantitative estimate of drug-likeness (QED) is 0.385. The summed E-state index contributed by atoms with van der Waals surface area (Å²) in [6.07, 6.45) is 0.628. The molecule has 0 rings (SSSR count). The number of carbonyl (C=O) groups is 1. The topological polar surface area (TPSA) is 46.5 Å². The van der Waals surface area contributed by atoms with E-state index in [2.05, 4.69) is 6.58 Å². The van der Waals surface area contributed by atoms with Crippen LogP contribution in [0.5, 0.6) is 0 Å². The van der Waals surface area contributed by atoms with E-state index < -0.39 is 0 Å². The maximum atomic E-state index is 11.0. The van der Waals surface area contributed by atoms with E-state index in [1.807, 2.05) is 0 Å². The lowest BCUT2D eigenvalue weighted by Gasteiger charge is -2.04. The van der Waals surface area contributed by atoms with Gasteiger partial charge in [-0.25, -0.2) is 4.79 Å². The molecule has 0 aromatic heterocycles. The van der Waals surface area contributed by atoms with Crippen molar-refractivity contribution in [2.75, 3.05) is 24.7 Å². The van der Waals surface area contributed by atoms with E-state index in [0.717, 1.165) is 5.75 Å². The second-order valence-corrected chi connectivity index (χ2v) is 3.63. The fourth-order valence-corrected chi connectivity index (χ4v) is 1.42. The predicted octanol–water partition coefficient (Wildman–Crippen LogP) is 1.22. The van der Waals surface area contributed by atoms with E-state index in [4.69, 9.17) is 9.84 Å². The summed E-state index contributed by atoms with van der Waals surface area (Å²) in [5.41, 5.74) is 0.507. The number of aliphatic hydroxyl groups is 1. The zero-order valence-electron chi connectivity index (χ0n) is 7.91. The van der Waals surface area contributed by atoms with Crippen molar-refractivity contribution in [3.05, 3.63) is 12.2 Å². The Labute approximate surface area is 83.2 Å². The van der Waals surface area contributed by atoms with Crippen LogP contribution in [0.1, 0.15) is 13.3 Å². The van der Waals surface area contributed by atoms with Gasteiger partial charge in [-0.3, -0.25) is 0 Å². The largest absolute Gasteiger partial charge is 0.463 e. The predicted molar refractivity (Wildman–Crippen MR) is 54.8 cm³/mol. The van der Waals surface area contributed by atoms with Crippen molar-refractivity contribution in [2.24, 2.45) is 0 Å². The summed E-state index contributed by atoms with van der Waals surface area (Å²) in [7, 11) is 0. The van der Waals surface area contributed by atoms with E-state index in [9.17, 15) is 4.79 Å². The van der Waals surface area contributed by atoms with Gasteiger partial charge in [-0.2, -0.15) is 11.8 Å². The molecule has 0 radical (unpaired) electrons. The van der Waals surface area contributed by atoms with Crippen molar-refractivity contribution >= 4 is 17.7 Å². The van der Waals surface area contributed by atoms with E-state index >= 15 is 0 Å². The summed E-state index contributed by atoms with van der Waals surface area (Å²) in [6.45, 7) is 5.96. The Bertz CT molecular complexity index is 168. The van der Waals surface area contributed by atoms with Gasteiger partial charge in [0.2, 0.25) is 0 Å². The highest BCUT2D eigenvalue weighted by Gasteiger charge is 2.06. The van der Waals surface area contributed by atoms with Gasteiger partial charge in [0.25, 0.3) is 0 Å². The van der Waals surface area contributed by atoms with E-state index in [0.29, 0.717) is 24.4 Å². The number of ether oxygens (including phenoxy) is 1. The summed E-state index contributed by atoms with van der Waals surface area (Å²) in [5.74, 6) is 1.20. The Morgan fingerprint density at radius 3 is 2.77 bits per heavy atom. The van der Waals surface area contributed by atoms with Gasteiger partial charge in [0.05, 0.1) is 13.2 Å². The monoisotopic (exact) mass is 204 g/mol. The molecule has 0 aliphatic heterocycles. The first-order valence-corrected chi connectivity index (χ1v) is 5.41. The molecule has 0 aliphatic rings. The summed E-state index contributed by atoms with van der Waals surface area (Å²) in [4.78, 5) is 11.0. The van der Waals surface area contributed by atoms with Gasteiger partial charge in [0.15, 0.2) is 0 Å². The number of esters is 1. The molecule has 0 aliphatic carbocycles. The van der Waals surface area contributed by atoms with Crippen molar-refractivity contribution in [2.45, 2.75) is 13.3 Å². The third-order valence-corrected chi connectivity index (χ3v) is 2.31. The van der Waals surface area contributed by atoms with Crippen molar-refractivity contribution < 1.29 is 14.6 Å². The van der Waals surface area contributed by atoms with Crippen LogP contribution in [-0.4, -0.2) is 35.8 Å². The van der Waals surface area contributed by atoms with E-state index in [1.54, 1.807) is 18.7 Å². The fraction of sp³-hybridized carbons (Fsp3) is 0.667. The zero-order valence-corrected chi connectivity index (χ0v) is 8.73. The van der Waals surface area contributed by atoms with Crippen LogP contribution in [0.3, 0.4) is 0 Å². The number of aliphatic hydroxyl groups excluding tert-OH is 1. The van der Waals surface area contributed by atoms with Gasteiger partial charge in [-0.15, -0.1) is 0 Å². The molecule has 0 amide bonds. The summed E-state index contributed by atoms with van der Waals surface area (Å²) >= 11 is 1.60. The average Bonchev–Trinajstić information content (AvgIpc) is 2.12. The highest BCUT2D eigenvalue weighted by Crippen LogP contribution is 2.08. The van der Waals surface area contributed by atoms with Crippen molar-refractivity contribution in [1.29, 1.82) is 0 Å². The summed E-state index contributed by atoms with van der Waals surface area (Å²) in [6, 6.07) is 0. The maximum Gasteiger partial charge on any atom is 0.333 e. The molecule has 0 saturated carbocycles. The molecule has 13 heavy (non-hydrogen) atoms. The lowest BCUT2D eigenvalue weighted by atomic mass is 10.2. The Morgan fingerprint density at radius 2 is 2.23 bits per heavy atom. The molecule has 4 heteroatoms. The first-order valence-electron chi connectivity index (χ1n) is 4.25. The minimum Gasteiger partial charge on any atom is -0.463 e. The summed E-state index contributed by atoms with van der Waals surface area (Å²) < 4.78 is 4.76. The molecule has 0 fully saturated rings. The van der Waals surface area contributed by atoms with Gasteiger partial charge in [-0.05, 0) is 19.1 Å². The van der Waals surface area contributed by atoms with Gasteiger partial charge < -0.3 is 9.84 Å². The second-order valence-electron chi connectivity index (χ2n) is 2.41. The standard InChI is InChI=1S/C9H16O3S/c1-3-12-9(11)8(2)4-6-13-7-5-10/h10H,2-7H2,1H3. The van der Waals surface area contributed by atoms with Gasteiger partial charge >= 0.3 is 5.97 Å². The molecule has 0 spiro atoms. The van der Waals surface area contributed by atoms with Crippen LogP contribution in [0.25, 0.3) is 0 Å². The van der Waals surface area contributed by atoms with Crippen LogP contribution in [0.4, 0.5) is 0 Å². The minimum atomic E-state index is -0.313. The Kier molecular flexibility index (Phi) is 7.83. The lowest BCUT2D eigenvalue weighted by Crippen LogP contribution is -2.07. The molecule has 0 unspecified atom stereocenters. The zero-order chi connectivity index (χ0) is 10.1. The van der Waals surface area contributed by atoms with Crippen LogP contribution in [0, 0.1) is 0 Å². The number of carbonyl (C=O) groups excluding carboxylic acids is 1. The number of rotatable bonds is 7. The highest BCUT2D eigenvalue weighted by molar-refractivity contribution is 7.99. The number of thioether (sulfide) groups is 1. The molecule has 0 atom stereocenters. The van der Waals surface area contributed by atoms with Crippen LogP contribution in [0.15, 0.2) is 12.2 Å². The van der Waals surface area contributed by atoms with Crippen molar-refractivity contribution in [3.63, 3.8) is 0 Å². The van der Waals surface area contributed by atoms with Crippen molar-refractivity contribution in [1.82, 2.24) is 0 Å². The Balaban J connectivity index is 3.44. The van der Waals surface area contributed by atoms with Gasteiger partial charge in [-0.1, -0.05) is 6.58 Å². The van der Waals surface area contributed by atoms with Crippen molar-refractivity contribution in [3.8, 4) is 0 Å². The van der Waals surface area contributed by atoms with Crippen LogP contribution >= 0.6 is 11.8 Å². The van der Waals surface area contributed by atoms with E-state index in [1.165, 1.54) is 0 Å². The lowest BCUT2D eigenvalue weighted by molar-refractivity contribution is -0.138. The smallest absolute Gasteiger partial charge is 0.333 e. The molecule has 0 aromatic carbocycles. The average molecular weight is 204 g/mol. The third kappa shape index (κ3) is 6.66. The normalized spacial score (nSPS) is 9.69. The molecule has 0 heterocycles. The molecular formula is C9H16O3S. The number of hydrogen-bond acceptors (Lipinski definition) is 4. The molecule has 76 valence electrons. The van der Waals surface area contributed by atoms with Gasteiger partial charge in [0.1, 0.15) is 0 Å². The highest BCUT2D eigenvalue weighted by atomic mass is 32.2.